The number of hydrogen-bond acceptors (Lipinski definition) is 2. The Labute approximate surface area is 80.7 Å². The Bertz CT molecular complexity index is 319. The van der Waals surface area contributed by atoms with E-state index in [0.29, 0.717) is 6.42 Å². The van der Waals surface area contributed by atoms with Crippen LogP contribution in [0.3, 0.4) is 0 Å². The van der Waals surface area contributed by atoms with Crippen LogP contribution in [0.25, 0.3) is 0 Å². The van der Waals surface area contributed by atoms with E-state index in [0.717, 1.165) is 4.90 Å². The number of amides is 1. The largest absolute Gasteiger partial charge is 0.365 e. The zero-order valence-corrected chi connectivity index (χ0v) is 7.97. The van der Waals surface area contributed by atoms with Crippen molar-refractivity contribution >= 4 is 5.91 Å². The molecular formula is C9H11F2NO2. The molecule has 1 rings (SSSR count). The van der Waals surface area contributed by atoms with E-state index >= 15 is 0 Å². The first-order valence-corrected chi connectivity index (χ1v) is 4.21. The second kappa shape index (κ2) is 3.21. The molecule has 0 bridgehead atoms. The molecular weight excluding hydrogens is 192 g/mol. The molecule has 0 spiro atoms. The molecule has 1 fully saturated rings. The van der Waals surface area contributed by atoms with Gasteiger partial charge in [-0.1, -0.05) is 18.8 Å². The Kier molecular flexibility index (Phi) is 2.50. The van der Waals surface area contributed by atoms with Gasteiger partial charge in [0.2, 0.25) is 0 Å². The highest BCUT2D eigenvalue weighted by Gasteiger charge is 2.64. The molecule has 1 amide bonds. The standard InChI is InChI=1S/C9H11F2NO2/c1-3-4-5-8(14)7(13)12(2)6-9(8,10)11/h14H,3,6H2,1-2H3. The van der Waals surface area contributed by atoms with E-state index < -0.39 is 24.0 Å². The first-order chi connectivity index (χ1) is 6.35. The topological polar surface area (TPSA) is 40.5 Å². The quantitative estimate of drug-likeness (QED) is 0.573. The molecule has 0 radical (unpaired) electrons. The Balaban J connectivity index is 3.11. The van der Waals surface area contributed by atoms with Gasteiger partial charge in [0.15, 0.2) is 0 Å². The molecule has 1 unspecified atom stereocenters. The molecule has 1 aliphatic heterocycles. The van der Waals surface area contributed by atoms with E-state index in [2.05, 4.69) is 5.92 Å². The third kappa shape index (κ3) is 1.36. The smallest absolute Gasteiger partial charge is 0.313 e. The first-order valence-electron chi connectivity index (χ1n) is 4.21. The molecule has 0 aromatic rings. The van der Waals surface area contributed by atoms with Gasteiger partial charge in [-0.05, 0) is 0 Å². The fraction of sp³-hybridized carbons (Fsp3) is 0.667. The Morgan fingerprint density at radius 3 is 2.57 bits per heavy atom. The second-order valence-corrected chi connectivity index (χ2v) is 3.23. The molecule has 3 nitrogen and oxygen atoms in total. The number of carbonyl (C=O) groups is 1. The van der Waals surface area contributed by atoms with Crippen LogP contribution < -0.4 is 0 Å². The van der Waals surface area contributed by atoms with Gasteiger partial charge in [0, 0.05) is 13.5 Å². The van der Waals surface area contributed by atoms with Crippen LogP contribution in [-0.4, -0.2) is 41.0 Å². The summed E-state index contributed by atoms with van der Waals surface area (Å²) >= 11 is 0. The summed E-state index contributed by atoms with van der Waals surface area (Å²) in [5.41, 5.74) is -2.84. The van der Waals surface area contributed by atoms with Crippen LogP contribution in [0.15, 0.2) is 0 Å². The van der Waals surface area contributed by atoms with Gasteiger partial charge in [0.05, 0.1) is 6.54 Å². The maximum atomic E-state index is 13.2. The molecule has 5 heteroatoms. The lowest BCUT2D eigenvalue weighted by atomic mass is 9.99. The molecule has 1 saturated heterocycles. The van der Waals surface area contributed by atoms with Gasteiger partial charge in [-0.15, -0.1) is 0 Å². The van der Waals surface area contributed by atoms with Crippen molar-refractivity contribution in [2.24, 2.45) is 0 Å². The molecule has 1 aliphatic rings. The molecule has 1 heterocycles. The van der Waals surface area contributed by atoms with E-state index in [4.69, 9.17) is 0 Å². The molecule has 1 atom stereocenters. The van der Waals surface area contributed by atoms with E-state index in [1.165, 1.54) is 7.05 Å². The first kappa shape index (κ1) is 10.9. The number of hydrogen-bond donors (Lipinski definition) is 1. The van der Waals surface area contributed by atoms with Crippen LogP contribution in [0.1, 0.15) is 13.3 Å². The molecule has 0 aliphatic carbocycles. The van der Waals surface area contributed by atoms with Crippen LogP contribution in [0.4, 0.5) is 8.78 Å². The monoisotopic (exact) mass is 203 g/mol. The predicted octanol–water partition coefficient (Wildman–Crippen LogP) is 0.238. The maximum absolute atomic E-state index is 13.2. The normalized spacial score (nSPS) is 30.1. The van der Waals surface area contributed by atoms with Crippen molar-refractivity contribution in [1.29, 1.82) is 0 Å². The Hall–Kier alpha value is -1.15. The summed E-state index contributed by atoms with van der Waals surface area (Å²) in [5.74, 6) is -0.285. The maximum Gasteiger partial charge on any atom is 0.313 e. The van der Waals surface area contributed by atoms with Crippen molar-refractivity contribution in [1.82, 2.24) is 4.90 Å². The van der Waals surface area contributed by atoms with Gasteiger partial charge in [0.25, 0.3) is 11.5 Å². The number of alkyl halides is 2. The highest BCUT2D eigenvalue weighted by molar-refractivity contribution is 5.92. The summed E-state index contributed by atoms with van der Waals surface area (Å²) in [5, 5.41) is 9.47. The molecule has 0 aromatic carbocycles. The summed E-state index contributed by atoms with van der Waals surface area (Å²) in [6, 6.07) is 0. The van der Waals surface area contributed by atoms with Crippen LogP contribution in [0.2, 0.25) is 0 Å². The summed E-state index contributed by atoms with van der Waals surface area (Å²) in [4.78, 5) is 12.0. The summed E-state index contributed by atoms with van der Waals surface area (Å²) in [6.45, 7) is 0.859. The third-order valence-corrected chi connectivity index (χ3v) is 2.07. The van der Waals surface area contributed by atoms with E-state index in [1.807, 2.05) is 5.92 Å². The third-order valence-electron chi connectivity index (χ3n) is 2.07. The van der Waals surface area contributed by atoms with Crippen molar-refractivity contribution < 1.29 is 18.7 Å². The predicted molar refractivity (Wildman–Crippen MR) is 45.6 cm³/mol. The fourth-order valence-electron chi connectivity index (χ4n) is 1.28. The van der Waals surface area contributed by atoms with Crippen molar-refractivity contribution in [3.63, 3.8) is 0 Å². The average molecular weight is 203 g/mol. The van der Waals surface area contributed by atoms with Gasteiger partial charge in [0.1, 0.15) is 0 Å². The van der Waals surface area contributed by atoms with Crippen LogP contribution in [0, 0.1) is 11.8 Å². The van der Waals surface area contributed by atoms with E-state index in [1.54, 1.807) is 6.92 Å². The summed E-state index contributed by atoms with van der Waals surface area (Å²) in [6.07, 6.45) is 0.315. The Morgan fingerprint density at radius 1 is 1.64 bits per heavy atom. The number of carbonyl (C=O) groups excluding carboxylic acids is 1. The minimum Gasteiger partial charge on any atom is -0.365 e. The molecule has 14 heavy (non-hydrogen) atoms. The number of halogens is 2. The zero-order valence-electron chi connectivity index (χ0n) is 7.97. The van der Waals surface area contributed by atoms with Gasteiger partial charge in [-0.2, -0.15) is 8.78 Å². The van der Waals surface area contributed by atoms with Gasteiger partial charge < -0.3 is 10.0 Å². The zero-order chi connectivity index (χ0) is 11.0. The highest BCUT2D eigenvalue weighted by atomic mass is 19.3. The fourth-order valence-corrected chi connectivity index (χ4v) is 1.28. The van der Waals surface area contributed by atoms with Gasteiger partial charge >= 0.3 is 5.92 Å². The summed E-state index contributed by atoms with van der Waals surface area (Å²) in [7, 11) is 1.21. The minimum atomic E-state index is -3.50. The number of rotatable bonds is 0. The SMILES string of the molecule is CCC#CC1(O)C(=O)N(C)CC1(F)F. The van der Waals surface area contributed by atoms with Crippen LogP contribution in [-0.2, 0) is 4.79 Å². The van der Waals surface area contributed by atoms with Gasteiger partial charge in [-0.3, -0.25) is 4.79 Å². The van der Waals surface area contributed by atoms with E-state index in [-0.39, 0.29) is 0 Å². The van der Waals surface area contributed by atoms with Crippen molar-refractivity contribution in [2.45, 2.75) is 24.9 Å². The highest BCUT2D eigenvalue weighted by Crippen LogP contribution is 2.36. The van der Waals surface area contributed by atoms with Crippen LogP contribution in [0.5, 0.6) is 0 Å². The number of likely N-dealkylation sites (N-methyl/N-ethyl adjacent to an activating group) is 1. The molecule has 1 N–H and O–H groups in total. The lowest BCUT2D eigenvalue weighted by molar-refractivity contribution is -0.153. The van der Waals surface area contributed by atoms with Crippen molar-refractivity contribution in [3.8, 4) is 11.8 Å². The number of nitrogens with zero attached hydrogens (tertiary/aromatic N) is 1. The second-order valence-electron chi connectivity index (χ2n) is 3.23. The molecule has 0 saturated carbocycles. The minimum absolute atomic E-state index is 0.315. The lowest BCUT2D eigenvalue weighted by Crippen LogP contribution is -2.48. The average Bonchev–Trinajstić information content (AvgIpc) is 2.24. The number of aliphatic hydroxyl groups is 1. The number of likely N-dealkylation sites (tertiary alicyclic amines) is 1. The lowest BCUT2D eigenvalue weighted by Gasteiger charge is -2.19. The summed E-state index contributed by atoms with van der Waals surface area (Å²) < 4.78 is 26.4. The van der Waals surface area contributed by atoms with E-state index in [9.17, 15) is 18.7 Å². The molecule has 78 valence electrons. The van der Waals surface area contributed by atoms with Crippen molar-refractivity contribution in [3.05, 3.63) is 0 Å². The van der Waals surface area contributed by atoms with Crippen molar-refractivity contribution in [2.75, 3.05) is 13.6 Å². The van der Waals surface area contributed by atoms with Crippen LogP contribution >= 0.6 is 0 Å². The van der Waals surface area contributed by atoms with Gasteiger partial charge in [-0.25, -0.2) is 0 Å². The molecule has 0 aromatic heterocycles. The Morgan fingerprint density at radius 2 is 2.21 bits per heavy atom.